The van der Waals surface area contributed by atoms with Gasteiger partial charge in [-0.1, -0.05) is 88.2 Å². The van der Waals surface area contributed by atoms with Gasteiger partial charge in [-0.2, -0.15) is 0 Å². The summed E-state index contributed by atoms with van der Waals surface area (Å²) in [6.07, 6.45) is 7.70. The topological polar surface area (TPSA) is 33.6 Å². The maximum atomic E-state index is 6.15. The zero-order valence-electron chi connectivity index (χ0n) is 20.8. The van der Waals surface area contributed by atoms with Crippen molar-refractivity contribution in [1.82, 2.24) is 0 Å². The minimum Gasteiger partial charge on any atom is -0.488 e. The van der Waals surface area contributed by atoms with Crippen LogP contribution in [0.25, 0.3) is 0 Å². The van der Waals surface area contributed by atoms with E-state index >= 15 is 0 Å². The first-order valence-electron chi connectivity index (χ1n) is 12.8. The highest BCUT2D eigenvalue weighted by Crippen LogP contribution is 2.49. The van der Waals surface area contributed by atoms with Crippen LogP contribution in [0.2, 0.25) is 0 Å². The highest BCUT2D eigenvalue weighted by Gasteiger charge is 2.37. The Morgan fingerprint density at radius 1 is 0.973 bits per heavy atom. The van der Waals surface area contributed by atoms with E-state index in [1.54, 1.807) is 0 Å². The predicted molar refractivity (Wildman–Crippen MR) is 156 cm³/mol. The van der Waals surface area contributed by atoms with Gasteiger partial charge in [0.15, 0.2) is 0 Å². The number of benzene rings is 4. The van der Waals surface area contributed by atoms with Crippen molar-refractivity contribution in [2.75, 3.05) is 5.32 Å². The number of ether oxygens (including phenoxy) is 1. The number of aryl methyl sites for hydroxylation is 1. The zero-order chi connectivity index (χ0) is 25.2. The van der Waals surface area contributed by atoms with E-state index in [0.29, 0.717) is 24.5 Å². The molecule has 0 aromatic heterocycles. The summed E-state index contributed by atoms with van der Waals surface area (Å²) in [5.74, 6) is 1.84. The van der Waals surface area contributed by atoms with Gasteiger partial charge in [-0.05, 0) is 72.4 Å². The van der Waals surface area contributed by atoms with Crippen LogP contribution < -0.4 is 10.1 Å². The van der Waals surface area contributed by atoms with Crippen LogP contribution >= 0.6 is 15.9 Å². The first-order chi connectivity index (χ1) is 18.1. The van der Waals surface area contributed by atoms with E-state index in [-0.39, 0.29) is 0 Å². The van der Waals surface area contributed by atoms with Gasteiger partial charge in [-0.25, -0.2) is 0 Å². The Hall–Kier alpha value is -3.63. The predicted octanol–water partition coefficient (Wildman–Crippen LogP) is 8.91. The second kappa shape index (κ2) is 10.4. The lowest BCUT2D eigenvalue weighted by atomic mass is 9.77. The summed E-state index contributed by atoms with van der Waals surface area (Å²) in [4.78, 5) is 4.77. The SMILES string of the molecule is Cc1ccc(COc2ccc(Br)cc2C=Nc2ccc([C@@H]3Nc4ccccc4[C@H]4C=CC[C@@H]43)cc2)cc1. The number of halogens is 1. The third kappa shape index (κ3) is 5.12. The van der Waals surface area contributed by atoms with E-state index in [4.69, 9.17) is 9.73 Å². The molecule has 2 aliphatic rings. The molecular weight excluding hydrogens is 520 g/mol. The van der Waals surface area contributed by atoms with E-state index in [1.165, 1.54) is 22.4 Å². The van der Waals surface area contributed by atoms with Crippen molar-refractivity contribution >= 4 is 33.5 Å². The molecule has 0 saturated heterocycles. The molecule has 1 aliphatic heterocycles. The molecule has 0 amide bonds. The van der Waals surface area contributed by atoms with Gasteiger partial charge in [-0.3, -0.25) is 4.99 Å². The van der Waals surface area contributed by atoms with Crippen LogP contribution in [0.3, 0.4) is 0 Å². The molecule has 4 heteroatoms. The Balaban J connectivity index is 1.18. The molecule has 0 unspecified atom stereocenters. The van der Waals surface area contributed by atoms with Crippen LogP contribution in [-0.4, -0.2) is 6.21 Å². The largest absolute Gasteiger partial charge is 0.488 e. The molecule has 0 radical (unpaired) electrons. The number of aliphatic imine (C=N–C) groups is 1. The number of nitrogens with zero attached hydrogens (tertiary/aromatic N) is 1. The molecule has 0 spiro atoms. The normalized spacial score (nSPS) is 19.9. The average molecular weight is 550 g/mol. The van der Waals surface area contributed by atoms with Gasteiger partial charge in [0.2, 0.25) is 0 Å². The van der Waals surface area contributed by atoms with Crippen molar-refractivity contribution in [2.24, 2.45) is 10.9 Å². The summed E-state index contributed by atoms with van der Waals surface area (Å²) in [6.45, 7) is 2.61. The number of anilines is 1. The molecule has 184 valence electrons. The molecule has 0 saturated carbocycles. The Morgan fingerprint density at radius 2 is 1.78 bits per heavy atom. The van der Waals surface area contributed by atoms with Crippen molar-refractivity contribution in [3.8, 4) is 5.75 Å². The molecule has 0 bridgehead atoms. The first kappa shape index (κ1) is 23.7. The van der Waals surface area contributed by atoms with Crippen LogP contribution in [0.1, 0.15) is 46.2 Å². The van der Waals surface area contributed by atoms with Gasteiger partial charge in [0.1, 0.15) is 12.4 Å². The van der Waals surface area contributed by atoms with E-state index < -0.39 is 0 Å². The molecule has 1 heterocycles. The standard InChI is InChI=1S/C33H29BrN2O/c1-22-9-11-23(12-10-22)21-37-32-18-15-26(34)19-25(32)20-35-27-16-13-24(14-17-27)33-30-7-4-6-28(30)29-5-2-3-8-31(29)36-33/h2-6,8-20,28,30,33,36H,7,21H2,1H3/t28-,30+,33+/m1/s1. The summed E-state index contributed by atoms with van der Waals surface area (Å²) < 4.78 is 7.14. The van der Waals surface area contributed by atoms with Crippen LogP contribution in [0.4, 0.5) is 11.4 Å². The van der Waals surface area contributed by atoms with Crippen LogP contribution in [0.15, 0.2) is 113 Å². The molecule has 3 nitrogen and oxygen atoms in total. The number of rotatable bonds is 6. The van der Waals surface area contributed by atoms with Crippen molar-refractivity contribution in [3.63, 3.8) is 0 Å². The highest BCUT2D eigenvalue weighted by molar-refractivity contribution is 9.10. The second-order valence-corrected chi connectivity index (χ2v) is 10.8. The smallest absolute Gasteiger partial charge is 0.128 e. The average Bonchev–Trinajstić information content (AvgIpc) is 3.43. The fourth-order valence-electron chi connectivity index (χ4n) is 5.38. The molecular formula is C33H29BrN2O. The van der Waals surface area contributed by atoms with Crippen molar-refractivity contribution in [2.45, 2.75) is 31.9 Å². The Labute approximate surface area is 227 Å². The summed E-state index contributed by atoms with van der Waals surface area (Å²) in [5.41, 5.74) is 8.21. The van der Waals surface area contributed by atoms with Gasteiger partial charge >= 0.3 is 0 Å². The number of para-hydroxylation sites is 1. The van der Waals surface area contributed by atoms with Crippen molar-refractivity contribution in [3.05, 3.63) is 135 Å². The minimum absolute atomic E-state index is 0.291. The lowest BCUT2D eigenvalue weighted by Crippen LogP contribution is -2.28. The quantitative estimate of drug-likeness (QED) is 0.192. The molecule has 3 atom stereocenters. The Bertz CT molecular complexity index is 1460. The fourth-order valence-corrected chi connectivity index (χ4v) is 5.76. The lowest BCUT2D eigenvalue weighted by Gasteiger charge is -2.37. The Kier molecular flexibility index (Phi) is 6.67. The van der Waals surface area contributed by atoms with Crippen LogP contribution in [0, 0.1) is 12.8 Å². The second-order valence-electron chi connectivity index (χ2n) is 9.87. The van der Waals surface area contributed by atoms with E-state index in [2.05, 4.69) is 113 Å². The van der Waals surface area contributed by atoms with Gasteiger partial charge in [0.05, 0.1) is 11.7 Å². The number of hydrogen-bond acceptors (Lipinski definition) is 3. The molecule has 37 heavy (non-hydrogen) atoms. The summed E-state index contributed by atoms with van der Waals surface area (Å²) in [5, 5.41) is 3.81. The third-order valence-electron chi connectivity index (χ3n) is 7.36. The third-order valence-corrected chi connectivity index (χ3v) is 7.86. The fraction of sp³-hybridized carbons (Fsp3) is 0.182. The monoisotopic (exact) mass is 548 g/mol. The Morgan fingerprint density at radius 3 is 2.62 bits per heavy atom. The number of hydrogen-bond donors (Lipinski definition) is 1. The number of allylic oxidation sites excluding steroid dienone is 2. The van der Waals surface area contributed by atoms with E-state index in [9.17, 15) is 0 Å². The minimum atomic E-state index is 0.291. The lowest BCUT2D eigenvalue weighted by molar-refractivity contribution is 0.306. The molecule has 4 aromatic rings. The van der Waals surface area contributed by atoms with Crippen molar-refractivity contribution < 1.29 is 4.74 Å². The highest BCUT2D eigenvalue weighted by atomic mass is 79.9. The summed E-state index contributed by atoms with van der Waals surface area (Å²) >= 11 is 3.58. The molecule has 0 fully saturated rings. The number of fused-ring (bicyclic) bond motifs is 3. The summed E-state index contributed by atoms with van der Waals surface area (Å²) in [6, 6.07) is 32.1. The van der Waals surface area contributed by atoms with E-state index in [0.717, 1.165) is 33.5 Å². The van der Waals surface area contributed by atoms with Gasteiger partial charge in [-0.15, -0.1) is 0 Å². The molecule has 6 rings (SSSR count). The molecule has 1 aliphatic carbocycles. The molecule has 1 N–H and O–H groups in total. The number of nitrogens with one attached hydrogen (secondary N) is 1. The van der Waals surface area contributed by atoms with Gasteiger partial charge in [0, 0.05) is 27.9 Å². The molecule has 4 aromatic carbocycles. The first-order valence-corrected chi connectivity index (χ1v) is 13.6. The maximum absolute atomic E-state index is 6.15. The maximum Gasteiger partial charge on any atom is 0.128 e. The summed E-state index contributed by atoms with van der Waals surface area (Å²) in [7, 11) is 0. The van der Waals surface area contributed by atoms with Crippen LogP contribution in [0.5, 0.6) is 5.75 Å². The van der Waals surface area contributed by atoms with Crippen LogP contribution in [-0.2, 0) is 6.61 Å². The van der Waals surface area contributed by atoms with E-state index in [1.807, 2.05) is 24.4 Å². The van der Waals surface area contributed by atoms with Gasteiger partial charge < -0.3 is 10.1 Å². The van der Waals surface area contributed by atoms with Gasteiger partial charge in [0.25, 0.3) is 0 Å². The zero-order valence-corrected chi connectivity index (χ0v) is 22.4. The van der Waals surface area contributed by atoms with Crippen molar-refractivity contribution in [1.29, 1.82) is 0 Å².